The number of pyridine rings is 2. The van der Waals surface area contributed by atoms with Crippen molar-refractivity contribution in [3.05, 3.63) is 77.5 Å². The Morgan fingerprint density at radius 2 is 2.05 bits per heavy atom. The molecule has 4 heterocycles. The molecule has 1 atom stereocenters. The Hall–Kier alpha value is -3.56. The van der Waals surface area contributed by atoms with E-state index in [0.717, 1.165) is 40.5 Å². The summed E-state index contributed by atoms with van der Waals surface area (Å²) >= 11 is 0. The Bertz CT molecular complexity index is 1460. The molecule has 198 valence electrons. The summed E-state index contributed by atoms with van der Waals surface area (Å²) in [6.07, 6.45) is 5.89. The van der Waals surface area contributed by atoms with Gasteiger partial charge in [0, 0.05) is 50.6 Å². The number of hydrogen-bond donors (Lipinski definition) is 1. The molecule has 0 bridgehead atoms. The summed E-state index contributed by atoms with van der Waals surface area (Å²) in [5.41, 5.74) is 4.42. The zero-order valence-electron chi connectivity index (χ0n) is 22.3. The number of amides is 1. The van der Waals surface area contributed by atoms with Crippen molar-refractivity contribution < 1.29 is 18.7 Å². The summed E-state index contributed by atoms with van der Waals surface area (Å²) in [5, 5.41) is 3.96. The van der Waals surface area contributed by atoms with Crippen molar-refractivity contribution in [3.63, 3.8) is 0 Å². The zero-order chi connectivity index (χ0) is 26.9. The van der Waals surface area contributed by atoms with Gasteiger partial charge >= 0.3 is 0 Å². The number of nitrogens with one attached hydrogen (secondary N) is 1. The molecule has 0 saturated heterocycles. The maximum atomic E-state index is 14.5. The van der Waals surface area contributed by atoms with E-state index in [-0.39, 0.29) is 11.7 Å². The second kappa shape index (κ2) is 10.7. The van der Waals surface area contributed by atoms with Crippen molar-refractivity contribution >= 4 is 25.0 Å². The number of hydrogen-bond acceptors (Lipinski definition) is 5. The second-order valence-electron chi connectivity index (χ2n) is 10.9. The maximum absolute atomic E-state index is 14.5. The molecule has 38 heavy (non-hydrogen) atoms. The molecular formula is C29H33FN4O3Si. The van der Waals surface area contributed by atoms with E-state index >= 15 is 0 Å². The van der Waals surface area contributed by atoms with Crippen LogP contribution in [0.5, 0.6) is 5.75 Å². The van der Waals surface area contributed by atoms with Gasteiger partial charge in [0.15, 0.2) is 0 Å². The predicted molar refractivity (Wildman–Crippen MR) is 149 cm³/mol. The Morgan fingerprint density at radius 1 is 1.21 bits per heavy atom. The number of fused-ring (bicyclic) bond motifs is 2. The number of carbonyl (C=O) groups excluding carboxylic acids is 1. The van der Waals surface area contributed by atoms with Gasteiger partial charge in [-0.1, -0.05) is 25.7 Å². The highest BCUT2D eigenvalue weighted by atomic mass is 28.3. The van der Waals surface area contributed by atoms with Crippen LogP contribution in [0.4, 0.5) is 4.39 Å². The van der Waals surface area contributed by atoms with E-state index in [9.17, 15) is 9.18 Å². The van der Waals surface area contributed by atoms with Gasteiger partial charge in [0.1, 0.15) is 23.9 Å². The summed E-state index contributed by atoms with van der Waals surface area (Å²) in [4.78, 5) is 22.2. The fourth-order valence-corrected chi connectivity index (χ4v) is 5.51. The van der Waals surface area contributed by atoms with E-state index in [2.05, 4.69) is 48.0 Å². The van der Waals surface area contributed by atoms with Gasteiger partial charge in [-0.15, -0.1) is 0 Å². The Kier molecular flexibility index (Phi) is 7.31. The number of halogens is 1. The van der Waals surface area contributed by atoms with E-state index in [4.69, 9.17) is 9.47 Å². The Morgan fingerprint density at radius 3 is 2.82 bits per heavy atom. The van der Waals surface area contributed by atoms with Crippen LogP contribution < -0.4 is 10.1 Å². The molecule has 0 fully saturated rings. The molecule has 5 rings (SSSR count). The molecule has 7 nitrogen and oxygen atoms in total. The molecule has 1 N–H and O–H groups in total. The van der Waals surface area contributed by atoms with Gasteiger partial charge in [-0.25, -0.2) is 9.37 Å². The quantitative estimate of drug-likeness (QED) is 0.219. The van der Waals surface area contributed by atoms with Gasteiger partial charge in [-0.2, -0.15) is 0 Å². The highest BCUT2D eigenvalue weighted by Gasteiger charge is 2.27. The van der Waals surface area contributed by atoms with Crippen molar-refractivity contribution in [1.82, 2.24) is 19.9 Å². The zero-order valence-corrected chi connectivity index (χ0v) is 23.3. The first kappa shape index (κ1) is 26.1. The minimum absolute atomic E-state index is 0.303. The lowest BCUT2D eigenvalue weighted by Gasteiger charge is -2.27. The first-order valence-corrected chi connectivity index (χ1v) is 16.6. The fourth-order valence-electron chi connectivity index (χ4n) is 4.76. The van der Waals surface area contributed by atoms with Crippen LogP contribution in [-0.2, 0) is 11.5 Å². The third kappa shape index (κ3) is 5.49. The van der Waals surface area contributed by atoms with Crippen LogP contribution in [-0.4, -0.2) is 41.7 Å². The third-order valence-electron chi connectivity index (χ3n) is 6.81. The fraction of sp³-hybridized carbons (Fsp3) is 0.345. The largest absolute Gasteiger partial charge is 0.493 e. The summed E-state index contributed by atoms with van der Waals surface area (Å²) in [6.45, 7) is 10.7. The summed E-state index contributed by atoms with van der Waals surface area (Å²) < 4.78 is 28.0. The van der Waals surface area contributed by atoms with Crippen molar-refractivity contribution in [2.24, 2.45) is 0 Å². The van der Waals surface area contributed by atoms with Crippen molar-refractivity contribution in [1.29, 1.82) is 0 Å². The van der Waals surface area contributed by atoms with Gasteiger partial charge in [-0.3, -0.25) is 9.78 Å². The number of benzene rings is 1. The molecule has 0 saturated carbocycles. The van der Waals surface area contributed by atoms with Crippen LogP contribution in [0, 0.1) is 12.7 Å². The topological polar surface area (TPSA) is 78.3 Å². The van der Waals surface area contributed by atoms with Crippen molar-refractivity contribution in [2.45, 2.75) is 51.8 Å². The van der Waals surface area contributed by atoms with Crippen LogP contribution in [0.15, 0.2) is 55.0 Å². The van der Waals surface area contributed by atoms with Crippen LogP contribution in [0.3, 0.4) is 0 Å². The smallest absolute Gasteiger partial charge is 0.253 e. The lowest BCUT2D eigenvalue weighted by atomic mass is 9.99. The average Bonchev–Trinajstić information content (AvgIpc) is 3.22. The normalized spacial score (nSPS) is 15.2. The number of nitrogens with zero attached hydrogens (tertiary/aromatic N) is 3. The first-order valence-electron chi connectivity index (χ1n) is 12.9. The molecule has 0 unspecified atom stereocenters. The van der Waals surface area contributed by atoms with E-state index < -0.39 is 14.1 Å². The van der Waals surface area contributed by atoms with Crippen molar-refractivity contribution in [2.75, 3.05) is 13.2 Å². The monoisotopic (exact) mass is 532 g/mol. The standard InChI is InChI=1S/C29H33FN4O3Si/c1-19-17-34(18-36-14-15-38(2,3)4)28-26(19)21(10-12-31-28)23-9-8-20(16-32-23)29(35)33-24-11-13-37-25-7-5-6-22(30)27(24)25/h5-10,12,16-17,24H,11,13-15,18H2,1-4H3,(H,33,35)/t24-/m0/s1. The second-order valence-corrected chi connectivity index (χ2v) is 16.6. The summed E-state index contributed by atoms with van der Waals surface area (Å²) in [6, 6.07) is 10.9. The van der Waals surface area contributed by atoms with Gasteiger partial charge in [0.25, 0.3) is 5.91 Å². The molecule has 1 aliphatic heterocycles. The first-order chi connectivity index (χ1) is 18.2. The number of rotatable bonds is 8. The lowest BCUT2D eigenvalue weighted by Crippen LogP contribution is -2.32. The van der Waals surface area contributed by atoms with Crippen LogP contribution in [0.2, 0.25) is 25.7 Å². The molecule has 1 aliphatic rings. The lowest BCUT2D eigenvalue weighted by molar-refractivity contribution is 0.0898. The van der Waals surface area contributed by atoms with Crippen molar-refractivity contribution in [3.8, 4) is 17.0 Å². The average molecular weight is 533 g/mol. The van der Waals surface area contributed by atoms with Gasteiger partial charge in [0.05, 0.1) is 29.5 Å². The Labute approximate surface area is 223 Å². The van der Waals surface area contributed by atoms with Crippen LogP contribution in [0.1, 0.15) is 33.9 Å². The Balaban J connectivity index is 1.33. The molecular weight excluding hydrogens is 499 g/mol. The van der Waals surface area contributed by atoms with E-state index in [0.29, 0.717) is 36.6 Å². The van der Waals surface area contributed by atoms with E-state index in [1.807, 2.05) is 16.7 Å². The number of carbonyl (C=O) groups is 1. The van der Waals surface area contributed by atoms with E-state index in [1.54, 1.807) is 30.6 Å². The molecule has 1 aromatic carbocycles. The number of aromatic nitrogens is 3. The predicted octanol–water partition coefficient (Wildman–Crippen LogP) is 6.11. The minimum atomic E-state index is -1.15. The minimum Gasteiger partial charge on any atom is -0.493 e. The number of aryl methyl sites for hydroxylation is 1. The highest BCUT2D eigenvalue weighted by Crippen LogP contribution is 2.34. The van der Waals surface area contributed by atoms with Gasteiger partial charge in [0.2, 0.25) is 0 Å². The molecule has 0 spiro atoms. The molecule has 4 aromatic rings. The summed E-state index contributed by atoms with van der Waals surface area (Å²) in [7, 11) is -1.15. The molecule has 0 aliphatic carbocycles. The van der Waals surface area contributed by atoms with Crippen LogP contribution in [0.25, 0.3) is 22.3 Å². The molecule has 1 amide bonds. The maximum Gasteiger partial charge on any atom is 0.253 e. The molecule has 0 radical (unpaired) electrons. The van der Waals surface area contributed by atoms with Gasteiger partial charge < -0.3 is 19.4 Å². The van der Waals surface area contributed by atoms with E-state index in [1.165, 1.54) is 6.07 Å². The van der Waals surface area contributed by atoms with Gasteiger partial charge in [-0.05, 0) is 48.9 Å². The third-order valence-corrected chi connectivity index (χ3v) is 8.51. The molecule has 3 aromatic heterocycles. The SMILES string of the molecule is Cc1cn(COCC[Si](C)(C)C)c2nccc(-c3ccc(C(=O)N[C@H]4CCOc5cccc(F)c54)cn3)c12. The summed E-state index contributed by atoms with van der Waals surface area (Å²) in [5.74, 6) is -0.213. The molecule has 9 heteroatoms. The number of ether oxygens (including phenoxy) is 2. The highest BCUT2D eigenvalue weighted by molar-refractivity contribution is 6.76. The van der Waals surface area contributed by atoms with Crippen LogP contribution >= 0.6 is 0 Å².